The van der Waals surface area contributed by atoms with Crippen LogP contribution in [0, 0.1) is 0 Å². The Morgan fingerprint density at radius 1 is 1.25 bits per heavy atom. The van der Waals surface area contributed by atoms with E-state index in [1.54, 1.807) is 17.2 Å². The summed E-state index contributed by atoms with van der Waals surface area (Å²) in [5.41, 5.74) is 3.65. The van der Waals surface area contributed by atoms with Crippen molar-refractivity contribution in [2.75, 3.05) is 6.54 Å². The van der Waals surface area contributed by atoms with Crippen LogP contribution in [0.1, 0.15) is 5.69 Å². The number of hydrogen-bond donors (Lipinski definition) is 1. The van der Waals surface area contributed by atoms with E-state index in [0.29, 0.717) is 29.7 Å². The van der Waals surface area contributed by atoms with Crippen molar-refractivity contribution < 1.29 is 9.63 Å². The third-order valence-corrected chi connectivity index (χ3v) is 5.57. The molecule has 0 fully saturated rings. The highest BCUT2D eigenvalue weighted by Gasteiger charge is 2.29. The number of carbonyl (C=O) groups excluding carboxylic acids is 1. The molecule has 4 aromatic rings. The van der Waals surface area contributed by atoms with Crippen LogP contribution in [0.25, 0.3) is 22.0 Å². The number of fused-ring (bicyclic) bond motifs is 3. The Hall–Kier alpha value is -3.04. The van der Waals surface area contributed by atoms with Crippen LogP contribution in [0.5, 0.6) is 0 Å². The molecule has 1 aliphatic rings. The molecule has 0 saturated heterocycles. The summed E-state index contributed by atoms with van der Waals surface area (Å²) < 4.78 is 2.10. The zero-order valence-electron chi connectivity index (χ0n) is 14.3. The Bertz CT molecular complexity index is 1170. The lowest BCUT2D eigenvalue weighted by Crippen LogP contribution is -2.42. The molecule has 4 heterocycles. The Morgan fingerprint density at radius 3 is 2.89 bits per heavy atom. The largest absolute Gasteiger partial charge is 0.436 e. The first kappa shape index (κ1) is 17.1. The van der Waals surface area contributed by atoms with Gasteiger partial charge in [0.05, 0.1) is 28.3 Å². The highest BCUT2D eigenvalue weighted by atomic mass is 35.5. The van der Waals surface area contributed by atoms with Gasteiger partial charge in [-0.2, -0.15) is 5.10 Å². The van der Waals surface area contributed by atoms with Crippen LogP contribution in [0.3, 0.4) is 0 Å². The van der Waals surface area contributed by atoms with E-state index in [2.05, 4.69) is 24.8 Å². The lowest BCUT2D eigenvalue weighted by molar-refractivity contribution is 0.0708. The lowest BCUT2D eigenvalue weighted by atomic mass is 10.0. The van der Waals surface area contributed by atoms with E-state index < -0.39 is 6.09 Å². The minimum Gasteiger partial charge on any atom is -0.339 e. The molecular formula is C17H13Cl2N7O2. The van der Waals surface area contributed by atoms with Gasteiger partial charge in [0.2, 0.25) is 0 Å². The fraction of sp³-hybridized carbons (Fsp3) is 0.176. The van der Waals surface area contributed by atoms with Crippen molar-refractivity contribution in [3.8, 4) is 11.1 Å². The molecule has 0 atom stereocenters. The third kappa shape index (κ3) is 2.62. The van der Waals surface area contributed by atoms with E-state index in [-0.39, 0.29) is 0 Å². The second-order valence-corrected chi connectivity index (χ2v) is 7.08. The van der Waals surface area contributed by atoms with Gasteiger partial charge < -0.3 is 4.57 Å². The van der Waals surface area contributed by atoms with Crippen LogP contribution in [-0.2, 0) is 13.1 Å². The molecule has 1 N–H and O–H groups in total. The highest BCUT2D eigenvalue weighted by molar-refractivity contribution is 6.45. The summed E-state index contributed by atoms with van der Waals surface area (Å²) in [7, 11) is 0. The summed E-state index contributed by atoms with van der Waals surface area (Å²) in [6.45, 7) is 1.35. The van der Waals surface area contributed by atoms with Crippen LogP contribution >= 0.6 is 23.2 Å². The van der Waals surface area contributed by atoms with Gasteiger partial charge in [-0.1, -0.05) is 34.1 Å². The number of halogens is 2. The number of nitrogens with one attached hydrogen (secondary N) is 1. The monoisotopic (exact) mass is 417 g/mol. The van der Waals surface area contributed by atoms with Gasteiger partial charge in [0.1, 0.15) is 6.33 Å². The second-order valence-electron chi connectivity index (χ2n) is 6.29. The van der Waals surface area contributed by atoms with Crippen LogP contribution in [-0.4, -0.2) is 47.2 Å². The van der Waals surface area contributed by atoms with Gasteiger partial charge in [0, 0.05) is 41.5 Å². The van der Waals surface area contributed by atoms with Crippen LogP contribution < -0.4 is 4.84 Å². The van der Waals surface area contributed by atoms with Crippen molar-refractivity contribution in [3.63, 3.8) is 0 Å². The van der Waals surface area contributed by atoms with Gasteiger partial charge in [0.25, 0.3) is 0 Å². The molecule has 0 saturated carbocycles. The molecule has 1 aliphatic heterocycles. The molecule has 1 amide bonds. The van der Waals surface area contributed by atoms with Gasteiger partial charge in [-0.05, 0) is 6.07 Å². The van der Waals surface area contributed by atoms with Crippen molar-refractivity contribution >= 4 is 40.2 Å². The maximum atomic E-state index is 12.5. The first-order chi connectivity index (χ1) is 13.6. The number of hydrogen-bond acceptors (Lipinski definition) is 5. The Kier molecular flexibility index (Phi) is 3.99. The molecule has 0 spiro atoms. The van der Waals surface area contributed by atoms with E-state index in [1.807, 2.05) is 12.3 Å². The molecule has 9 nitrogen and oxygen atoms in total. The number of aromatic nitrogens is 6. The van der Waals surface area contributed by atoms with E-state index in [9.17, 15) is 4.79 Å². The SMILES string of the molecule is O=C(On1cncn1)N1CCn2c(c(-c3cn[nH]c3)c3ccc(Cl)c(Cl)c32)C1. The molecule has 0 unspecified atom stereocenters. The van der Waals surface area contributed by atoms with Crippen LogP contribution in [0.15, 0.2) is 37.2 Å². The van der Waals surface area contributed by atoms with Gasteiger partial charge >= 0.3 is 6.09 Å². The molecule has 0 aliphatic carbocycles. The number of nitrogens with zero attached hydrogens (tertiary/aromatic N) is 6. The first-order valence-corrected chi connectivity index (χ1v) is 9.19. The number of aromatic amines is 1. The van der Waals surface area contributed by atoms with E-state index in [0.717, 1.165) is 32.6 Å². The molecule has 1 aromatic carbocycles. The maximum absolute atomic E-state index is 12.5. The molecule has 0 radical (unpaired) electrons. The smallest absolute Gasteiger partial charge is 0.339 e. The first-order valence-electron chi connectivity index (χ1n) is 8.43. The number of amides is 1. The minimum atomic E-state index is -0.510. The van der Waals surface area contributed by atoms with Crippen LogP contribution in [0.4, 0.5) is 4.79 Å². The van der Waals surface area contributed by atoms with Crippen molar-refractivity contribution in [1.82, 2.24) is 34.6 Å². The second kappa shape index (κ2) is 6.54. The quantitative estimate of drug-likeness (QED) is 0.540. The molecule has 3 aromatic heterocycles. The summed E-state index contributed by atoms with van der Waals surface area (Å²) in [5, 5.41) is 12.6. The number of rotatable bonds is 2. The van der Waals surface area contributed by atoms with Crippen molar-refractivity contribution in [3.05, 3.63) is 52.9 Å². The molecule has 0 bridgehead atoms. The van der Waals surface area contributed by atoms with Crippen molar-refractivity contribution in [1.29, 1.82) is 0 Å². The van der Waals surface area contributed by atoms with E-state index in [1.165, 1.54) is 12.7 Å². The minimum absolute atomic E-state index is 0.344. The molecule has 142 valence electrons. The third-order valence-electron chi connectivity index (χ3n) is 4.77. The van der Waals surface area contributed by atoms with Crippen LogP contribution in [0.2, 0.25) is 10.0 Å². The molecule has 28 heavy (non-hydrogen) atoms. The maximum Gasteiger partial charge on any atom is 0.436 e. The standard InChI is InChI=1S/C17H13Cl2N7O2/c18-12-2-1-11-14(10-5-21-22-6-10)13-7-24(3-4-25(13)16(11)15(12)19)17(27)28-26-9-20-8-23-26/h1-2,5-6,8-9H,3-4,7H2,(H,21,22). The number of H-pyrrole nitrogens is 1. The Labute approximate surface area is 168 Å². The summed E-state index contributed by atoms with van der Waals surface area (Å²) in [4.78, 5) is 24.2. The van der Waals surface area contributed by atoms with Gasteiger partial charge in [-0.15, -0.1) is 5.10 Å². The highest BCUT2D eigenvalue weighted by Crippen LogP contribution is 2.42. The zero-order chi connectivity index (χ0) is 19.3. The normalized spacial score (nSPS) is 13.7. The van der Waals surface area contributed by atoms with Crippen molar-refractivity contribution in [2.24, 2.45) is 0 Å². The van der Waals surface area contributed by atoms with Crippen molar-refractivity contribution in [2.45, 2.75) is 13.1 Å². The number of carbonyl (C=O) groups is 1. The molecular weight excluding hydrogens is 405 g/mol. The zero-order valence-corrected chi connectivity index (χ0v) is 15.9. The average Bonchev–Trinajstić information content (AvgIpc) is 3.43. The van der Waals surface area contributed by atoms with E-state index >= 15 is 0 Å². The van der Waals surface area contributed by atoms with Gasteiger partial charge in [0.15, 0.2) is 6.33 Å². The Balaban J connectivity index is 1.61. The van der Waals surface area contributed by atoms with Gasteiger partial charge in [-0.25, -0.2) is 9.78 Å². The molecule has 11 heteroatoms. The Morgan fingerprint density at radius 2 is 2.14 bits per heavy atom. The summed E-state index contributed by atoms with van der Waals surface area (Å²) in [6, 6.07) is 3.72. The lowest BCUT2D eigenvalue weighted by Gasteiger charge is -2.28. The number of benzene rings is 1. The predicted octanol–water partition coefficient (Wildman–Crippen LogP) is 2.99. The fourth-order valence-electron chi connectivity index (χ4n) is 3.57. The predicted molar refractivity (Wildman–Crippen MR) is 102 cm³/mol. The molecule has 5 rings (SSSR count). The van der Waals surface area contributed by atoms with E-state index in [4.69, 9.17) is 28.0 Å². The summed E-state index contributed by atoms with van der Waals surface area (Å²) >= 11 is 12.8. The average molecular weight is 418 g/mol. The summed E-state index contributed by atoms with van der Waals surface area (Å²) in [6.07, 6.45) is 5.65. The topological polar surface area (TPSA) is 93.9 Å². The fourth-order valence-corrected chi connectivity index (χ4v) is 3.99. The summed E-state index contributed by atoms with van der Waals surface area (Å²) in [5.74, 6) is 0. The van der Waals surface area contributed by atoms with Gasteiger partial charge in [-0.3, -0.25) is 14.8 Å².